The van der Waals surface area contributed by atoms with Crippen molar-refractivity contribution in [3.05, 3.63) is 0 Å². The largest absolute Gasteiger partial charge is 0.312 e. The van der Waals surface area contributed by atoms with E-state index in [-0.39, 0.29) is 0 Å². The van der Waals surface area contributed by atoms with Crippen molar-refractivity contribution in [2.24, 2.45) is 0 Å². The van der Waals surface area contributed by atoms with Gasteiger partial charge in [-0.1, -0.05) is 13.8 Å². The van der Waals surface area contributed by atoms with E-state index in [2.05, 4.69) is 19.2 Å². The van der Waals surface area contributed by atoms with E-state index in [0.29, 0.717) is 12.1 Å². The molecule has 1 rings (SSSR count). The molecule has 1 saturated carbocycles. The molecule has 0 radical (unpaired) electrons. The van der Waals surface area contributed by atoms with E-state index in [4.69, 9.17) is 0 Å². The first kappa shape index (κ1) is 7.99. The maximum absolute atomic E-state index is 12.6. The van der Waals surface area contributed by atoms with E-state index in [9.17, 15) is 4.39 Å². The van der Waals surface area contributed by atoms with Gasteiger partial charge in [0.1, 0.15) is 6.17 Å². The van der Waals surface area contributed by atoms with Crippen LogP contribution in [-0.2, 0) is 0 Å². The lowest BCUT2D eigenvalue weighted by atomic mass is 10.2. The Bertz CT molecular complexity index is 103. The Hall–Kier alpha value is -0.110. The summed E-state index contributed by atoms with van der Waals surface area (Å²) in [5.41, 5.74) is 0. The Morgan fingerprint density at radius 1 is 1.40 bits per heavy atom. The maximum Gasteiger partial charge on any atom is 0.102 e. The van der Waals surface area contributed by atoms with Gasteiger partial charge < -0.3 is 5.32 Å². The third kappa shape index (κ3) is 2.25. The van der Waals surface area contributed by atoms with Crippen molar-refractivity contribution in [1.29, 1.82) is 0 Å². The lowest BCUT2D eigenvalue weighted by Gasteiger charge is -2.14. The zero-order valence-corrected chi connectivity index (χ0v) is 6.73. The van der Waals surface area contributed by atoms with Gasteiger partial charge in [0, 0.05) is 12.1 Å². The third-order valence-electron chi connectivity index (χ3n) is 1.94. The number of rotatable bonds is 2. The molecule has 0 heterocycles. The standard InChI is InChI=1S/C8H16FN/c1-6(2)10-8-4-3-7(9)5-8/h6-8,10H,3-5H2,1-2H3. The molecule has 0 spiro atoms. The third-order valence-corrected chi connectivity index (χ3v) is 1.94. The van der Waals surface area contributed by atoms with Crippen molar-refractivity contribution < 1.29 is 4.39 Å². The highest BCUT2D eigenvalue weighted by Gasteiger charge is 2.23. The fraction of sp³-hybridized carbons (Fsp3) is 1.00. The molecule has 0 aromatic carbocycles. The summed E-state index contributed by atoms with van der Waals surface area (Å²) in [5.74, 6) is 0. The molecule has 2 atom stereocenters. The van der Waals surface area contributed by atoms with Gasteiger partial charge in [-0.2, -0.15) is 0 Å². The van der Waals surface area contributed by atoms with Crippen LogP contribution in [0.3, 0.4) is 0 Å². The van der Waals surface area contributed by atoms with Crippen molar-refractivity contribution >= 4 is 0 Å². The number of hydrogen-bond donors (Lipinski definition) is 1. The van der Waals surface area contributed by atoms with E-state index >= 15 is 0 Å². The molecule has 0 aromatic heterocycles. The lowest BCUT2D eigenvalue weighted by Crippen LogP contribution is -2.32. The van der Waals surface area contributed by atoms with E-state index in [1.807, 2.05) is 0 Å². The van der Waals surface area contributed by atoms with Crippen LogP contribution in [0.1, 0.15) is 33.1 Å². The van der Waals surface area contributed by atoms with Crippen molar-refractivity contribution in [3.8, 4) is 0 Å². The summed E-state index contributed by atoms with van der Waals surface area (Å²) < 4.78 is 12.6. The molecule has 0 aliphatic heterocycles. The predicted molar refractivity (Wildman–Crippen MR) is 40.8 cm³/mol. The Labute approximate surface area is 62.0 Å². The van der Waals surface area contributed by atoms with Gasteiger partial charge in [0.05, 0.1) is 0 Å². The number of alkyl halides is 1. The summed E-state index contributed by atoms with van der Waals surface area (Å²) in [6, 6.07) is 0.935. The minimum atomic E-state index is -0.545. The van der Waals surface area contributed by atoms with Crippen LogP contribution in [0, 0.1) is 0 Å². The average Bonchev–Trinajstić information content (AvgIpc) is 2.13. The van der Waals surface area contributed by atoms with Crippen LogP contribution < -0.4 is 5.32 Å². The minimum absolute atomic E-state index is 0.440. The zero-order valence-electron chi connectivity index (χ0n) is 6.73. The number of nitrogens with one attached hydrogen (secondary N) is 1. The van der Waals surface area contributed by atoms with E-state index in [1.54, 1.807) is 0 Å². The molecule has 1 aliphatic carbocycles. The second kappa shape index (κ2) is 3.33. The smallest absolute Gasteiger partial charge is 0.102 e. The maximum atomic E-state index is 12.6. The van der Waals surface area contributed by atoms with Crippen LogP contribution in [0.2, 0.25) is 0 Å². The van der Waals surface area contributed by atoms with Crippen LogP contribution in [0.15, 0.2) is 0 Å². The fourth-order valence-electron chi connectivity index (χ4n) is 1.55. The monoisotopic (exact) mass is 145 g/mol. The Balaban J connectivity index is 2.18. The molecule has 0 aromatic rings. The number of hydrogen-bond acceptors (Lipinski definition) is 1. The molecule has 60 valence electrons. The quantitative estimate of drug-likeness (QED) is 0.625. The molecule has 1 nitrogen and oxygen atoms in total. The van der Waals surface area contributed by atoms with Gasteiger partial charge in [-0.3, -0.25) is 0 Å². The molecule has 1 N–H and O–H groups in total. The molecule has 10 heavy (non-hydrogen) atoms. The van der Waals surface area contributed by atoms with Crippen LogP contribution in [0.5, 0.6) is 0 Å². The van der Waals surface area contributed by atoms with Gasteiger partial charge in [-0.25, -0.2) is 4.39 Å². The summed E-state index contributed by atoms with van der Waals surface area (Å²) in [6.07, 6.45) is 1.94. The summed E-state index contributed by atoms with van der Waals surface area (Å²) in [5, 5.41) is 3.33. The molecular formula is C8H16FN. The van der Waals surface area contributed by atoms with Gasteiger partial charge >= 0.3 is 0 Å². The summed E-state index contributed by atoms with van der Waals surface area (Å²) in [4.78, 5) is 0. The second-order valence-electron chi connectivity index (χ2n) is 3.43. The molecule has 0 saturated heterocycles. The van der Waals surface area contributed by atoms with Gasteiger partial charge in [0.15, 0.2) is 0 Å². The summed E-state index contributed by atoms with van der Waals surface area (Å²) in [7, 11) is 0. The SMILES string of the molecule is CC(C)NC1CCC(F)C1. The van der Waals surface area contributed by atoms with Crippen LogP contribution in [0.4, 0.5) is 4.39 Å². The normalized spacial score (nSPS) is 33.6. The molecule has 1 aliphatic rings. The molecule has 2 heteroatoms. The van der Waals surface area contributed by atoms with Crippen LogP contribution >= 0.6 is 0 Å². The van der Waals surface area contributed by atoms with Crippen LogP contribution in [-0.4, -0.2) is 18.3 Å². The fourth-order valence-corrected chi connectivity index (χ4v) is 1.55. The first-order chi connectivity index (χ1) is 4.68. The summed E-state index contributed by atoms with van der Waals surface area (Å²) >= 11 is 0. The van der Waals surface area contributed by atoms with Crippen molar-refractivity contribution in [2.45, 2.75) is 51.4 Å². The zero-order chi connectivity index (χ0) is 7.56. The molecule has 0 amide bonds. The highest BCUT2D eigenvalue weighted by Crippen LogP contribution is 2.21. The molecule has 1 fully saturated rings. The molecular weight excluding hydrogens is 129 g/mol. The van der Waals surface area contributed by atoms with Gasteiger partial charge in [0.25, 0.3) is 0 Å². The van der Waals surface area contributed by atoms with Crippen molar-refractivity contribution in [3.63, 3.8) is 0 Å². The molecule has 2 unspecified atom stereocenters. The lowest BCUT2D eigenvalue weighted by molar-refractivity contribution is 0.331. The van der Waals surface area contributed by atoms with Gasteiger partial charge in [-0.15, -0.1) is 0 Å². The predicted octanol–water partition coefficient (Wildman–Crippen LogP) is 1.87. The average molecular weight is 145 g/mol. The highest BCUT2D eigenvalue weighted by molar-refractivity contribution is 4.81. The van der Waals surface area contributed by atoms with Crippen molar-refractivity contribution in [1.82, 2.24) is 5.32 Å². The Morgan fingerprint density at radius 3 is 2.50 bits per heavy atom. The van der Waals surface area contributed by atoms with Crippen molar-refractivity contribution in [2.75, 3.05) is 0 Å². The van der Waals surface area contributed by atoms with E-state index in [1.165, 1.54) is 0 Å². The van der Waals surface area contributed by atoms with Gasteiger partial charge in [-0.05, 0) is 19.3 Å². The first-order valence-corrected chi connectivity index (χ1v) is 4.08. The number of halogens is 1. The van der Waals surface area contributed by atoms with Crippen LogP contribution in [0.25, 0.3) is 0 Å². The molecule has 0 bridgehead atoms. The Kier molecular flexibility index (Phi) is 2.66. The Morgan fingerprint density at radius 2 is 2.10 bits per heavy atom. The van der Waals surface area contributed by atoms with Gasteiger partial charge in [0.2, 0.25) is 0 Å². The summed E-state index contributed by atoms with van der Waals surface area (Å²) in [6.45, 7) is 4.21. The highest BCUT2D eigenvalue weighted by atomic mass is 19.1. The second-order valence-corrected chi connectivity index (χ2v) is 3.43. The minimum Gasteiger partial charge on any atom is -0.312 e. The van der Waals surface area contributed by atoms with E-state index < -0.39 is 6.17 Å². The topological polar surface area (TPSA) is 12.0 Å². The first-order valence-electron chi connectivity index (χ1n) is 4.08. The van der Waals surface area contributed by atoms with E-state index in [0.717, 1.165) is 19.3 Å².